The third-order valence-electron chi connectivity index (χ3n) is 3.28. The molecule has 1 aromatic carbocycles. The fourth-order valence-corrected chi connectivity index (χ4v) is 1.64. The minimum Gasteiger partial charge on any atom is -0.385 e. The number of hydrogen-bond donors (Lipinski definition) is 2. The van der Waals surface area contributed by atoms with Crippen molar-refractivity contribution in [2.24, 2.45) is 11.8 Å². The molecule has 1 atom stereocenters. The molecule has 1 unspecified atom stereocenters. The summed E-state index contributed by atoms with van der Waals surface area (Å²) in [5.41, 5.74) is 1.67. The number of hydrogen-bond acceptors (Lipinski definition) is 4. The molecule has 0 spiro atoms. The lowest BCUT2D eigenvalue weighted by molar-refractivity contribution is -0.384. The molecule has 0 bridgehead atoms. The summed E-state index contributed by atoms with van der Waals surface area (Å²) in [6.07, 6.45) is 0. The highest BCUT2D eigenvalue weighted by atomic mass is 16.6. The third-order valence-corrected chi connectivity index (χ3v) is 3.28. The standard InChI is InChI=1S/C14H23N3O2/c1-5-15-12-6-13(8-14(7-12)17(18)19)16-9-11(4)10(2)3/h6-8,10-11,15-16H,5,9H2,1-4H3. The molecule has 0 amide bonds. The van der Waals surface area contributed by atoms with Crippen LogP contribution in [-0.2, 0) is 0 Å². The molecule has 1 rings (SSSR count). The Hall–Kier alpha value is -1.78. The highest BCUT2D eigenvalue weighted by molar-refractivity contribution is 5.63. The van der Waals surface area contributed by atoms with E-state index in [1.54, 1.807) is 12.1 Å². The number of rotatable bonds is 7. The molecule has 19 heavy (non-hydrogen) atoms. The second-order valence-electron chi connectivity index (χ2n) is 5.16. The van der Waals surface area contributed by atoms with Gasteiger partial charge in [-0.1, -0.05) is 20.8 Å². The summed E-state index contributed by atoms with van der Waals surface area (Å²) in [5, 5.41) is 17.3. The monoisotopic (exact) mass is 265 g/mol. The maximum Gasteiger partial charge on any atom is 0.273 e. The van der Waals surface area contributed by atoms with E-state index in [1.165, 1.54) is 0 Å². The van der Waals surface area contributed by atoms with Crippen molar-refractivity contribution in [1.29, 1.82) is 0 Å². The summed E-state index contributed by atoms with van der Waals surface area (Å²) < 4.78 is 0. The van der Waals surface area contributed by atoms with Gasteiger partial charge in [0.25, 0.3) is 5.69 Å². The van der Waals surface area contributed by atoms with E-state index < -0.39 is 0 Å². The SMILES string of the molecule is CCNc1cc(NCC(C)C(C)C)cc([N+](=O)[O-])c1. The highest BCUT2D eigenvalue weighted by Crippen LogP contribution is 2.24. The lowest BCUT2D eigenvalue weighted by atomic mass is 9.98. The summed E-state index contributed by atoms with van der Waals surface area (Å²) in [4.78, 5) is 10.5. The van der Waals surface area contributed by atoms with Gasteiger partial charge in [0, 0.05) is 36.6 Å². The van der Waals surface area contributed by atoms with Gasteiger partial charge in [0.1, 0.15) is 0 Å². The maximum absolute atomic E-state index is 10.9. The van der Waals surface area contributed by atoms with Gasteiger partial charge in [-0.05, 0) is 24.8 Å². The van der Waals surface area contributed by atoms with E-state index in [9.17, 15) is 10.1 Å². The Morgan fingerprint density at radius 3 is 2.21 bits per heavy atom. The van der Waals surface area contributed by atoms with Crippen LogP contribution in [0.3, 0.4) is 0 Å². The number of nitrogens with zero attached hydrogens (tertiary/aromatic N) is 1. The van der Waals surface area contributed by atoms with Crippen molar-refractivity contribution in [3.8, 4) is 0 Å². The van der Waals surface area contributed by atoms with Gasteiger partial charge in [0.15, 0.2) is 0 Å². The molecule has 0 aliphatic rings. The highest BCUT2D eigenvalue weighted by Gasteiger charge is 2.11. The molecule has 0 aromatic heterocycles. The van der Waals surface area contributed by atoms with Crippen LogP contribution in [0.4, 0.5) is 17.1 Å². The number of anilines is 2. The van der Waals surface area contributed by atoms with Crippen LogP contribution in [0, 0.1) is 22.0 Å². The molecule has 0 aliphatic carbocycles. The lowest BCUT2D eigenvalue weighted by Crippen LogP contribution is -2.16. The van der Waals surface area contributed by atoms with Crippen LogP contribution in [0.5, 0.6) is 0 Å². The first-order chi connectivity index (χ1) is 8.93. The molecular weight excluding hydrogens is 242 g/mol. The van der Waals surface area contributed by atoms with Gasteiger partial charge >= 0.3 is 0 Å². The van der Waals surface area contributed by atoms with Gasteiger partial charge in [-0.25, -0.2) is 0 Å². The Labute approximate surface area is 114 Å². The van der Waals surface area contributed by atoms with Gasteiger partial charge in [0.2, 0.25) is 0 Å². The predicted molar refractivity (Wildman–Crippen MR) is 79.8 cm³/mol. The van der Waals surface area contributed by atoms with Gasteiger partial charge in [-0.3, -0.25) is 10.1 Å². The summed E-state index contributed by atoms with van der Waals surface area (Å²) in [5.74, 6) is 1.10. The molecule has 2 N–H and O–H groups in total. The van der Waals surface area contributed by atoms with Gasteiger partial charge in [-0.15, -0.1) is 0 Å². The fraction of sp³-hybridized carbons (Fsp3) is 0.571. The lowest BCUT2D eigenvalue weighted by Gasteiger charge is -2.17. The number of non-ortho nitro benzene ring substituents is 1. The summed E-state index contributed by atoms with van der Waals surface area (Å²) in [6.45, 7) is 10.0. The molecule has 0 saturated heterocycles. The Kier molecular flexibility index (Phi) is 5.60. The number of benzene rings is 1. The van der Waals surface area contributed by atoms with Gasteiger partial charge in [0.05, 0.1) is 4.92 Å². The third kappa shape index (κ3) is 4.77. The van der Waals surface area contributed by atoms with E-state index in [4.69, 9.17) is 0 Å². The van der Waals surface area contributed by atoms with Crippen LogP contribution in [-0.4, -0.2) is 18.0 Å². The molecule has 5 heteroatoms. The van der Waals surface area contributed by atoms with Crippen molar-refractivity contribution in [2.75, 3.05) is 23.7 Å². The van der Waals surface area contributed by atoms with E-state index >= 15 is 0 Å². The molecule has 5 nitrogen and oxygen atoms in total. The molecule has 0 aliphatic heterocycles. The second kappa shape index (κ2) is 6.97. The van der Waals surface area contributed by atoms with Crippen LogP contribution >= 0.6 is 0 Å². The van der Waals surface area contributed by atoms with Gasteiger partial charge < -0.3 is 10.6 Å². The van der Waals surface area contributed by atoms with Crippen molar-refractivity contribution in [2.45, 2.75) is 27.7 Å². The fourth-order valence-electron chi connectivity index (χ4n) is 1.64. The van der Waals surface area contributed by atoms with Crippen molar-refractivity contribution >= 4 is 17.1 Å². The largest absolute Gasteiger partial charge is 0.385 e. The minimum atomic E-state index is -0.363. The number of nitro groups is 1. The first-order valence-corrected chi connectivity index (χ1v) is 6.71. The van der Waals surface area contributed by atoms with Crippen LogP contribution < -0.4 is 10.6 Å². The topological polar surface area (TPSA) is 67.2 Å². The molecule has 0 radical (unpaired) electrons. The van der Waals surface area contributed by atoms with Crippen molar-refractivity contribution in [3.63, 3.8) is 0 Å². The quantitative estimate of drug-likeness (QED) is 0.582. The van der Waals surface area contributed by atoms with Crippen LogP contribution in [0.1, 0.15) is 27.7 Å². The zero-order valence-corrected chi connectivity index (χ0v) is 12.1. The summed E-state index contributed by atoms with van der Waals surface area (Å²) in [6, 6.07) is 5.04. The molecule has 1 aromatic rings. The van der Waals surface area contributed by atoms with E-state index in [2.05, 4.69) is 31.4 Å². The molecule has 0 fully saturated rings. The molecular formula is C14H23N3O2. The summed E-state index contributed by atoms with van der Waals surface area (Å²) >= 11 is 0. The molecule has 0 saturated carbocycles. The van der Waals surface area contributed by atoms with Crippen molar-refractivity contribution in [3.05, 3.63) is 28.3 Å². The summed E-state index contributed by atoms with van der Waals surface area (Å²) in [7, 11) is 0. The second-order valence-corrected chi connectivity index (χ2v) is 5.16. The Bertz CT molecular complexity index is 433. The van der Waals surface area contributed by atoms with Crippen molar-refractivity contribution < 1.29 is 4.92 Å². The number of nitrogens with one attached hydrogen (secondary N) is 2. The van der Waals surface area contributed by atoms with Crippen molar-refractivity contribution in [1.82, 2.24) is 0 Å². The Morgan fingerprint density at radius 1 is 1.16 bits per heavy atom. The van der Waals surface area contributed by atoms with Crippen LogP contribution in [0.2, 0.25) is 0 Å². The first kappa shape index (κ1) is 15.3. The zero-order valence-electron chi connectivity index (χ0n) is 12.1. The first-order valence-electron chi connectivity index (χ1n) is 6.71. The normalized spacial score (nSPS) is 12.3. The van der Waals surface area contributed by atoms with E-state index in [-0.39, 0.29) is 10.6 Å². The Balaban J connectivity index is 2.84. The van der Waals surface area contributed by atoms with Gasteiger partial charge in [-0.2, -0.15) is 0 Å². The van der Waals surface area contributed by atoms with E-state index in [0.717, 1.165) is 24.5 Å². The molecule has 0 heterocycles. The average Bonchev–Trinajstić information content (AvgIpc) is 2.35. The average molecular weight is 265 g/mol. The van der Waals surface area contributed by atoms with Crippen LogP contribution in [0.15, 0.2) is 18.2 Å². The number of nitro benzene ring substituents is 1. The van der Waals surface area contributed by atoms with E-state index in [0.29, 0.717) is 11.8 Å². The van der Waals surface area contributed by atoms with Crippen LogP contribution in [0.25, 0.3) is 0 Å². The smallest absolute Gasteiger partial charge is 0.273 e. The predicted octanol–water partition coefficient (Wildman–Crippen LogP) is 3.73. The van der Waals surface area contributed by atoms with E-state index in [1.807, 2.05) is 13.0 Å². The Morgan fingerprint density at radius 2 is 1.74 bits per heavy atom. The minimum absolute atomic E-state index is 0.109. The molecule has 106 valence electrons. The zero-order chi connectivity index (χ0) is 14.4. The maximum atomic E-state index is 10.9.